The van der Waals surface area contributed by atoms with Gasteiger partial charge >= 0.3 is 0 Å². The number of aryl methyl sites for hydroxylation is 1. The molecule has 64 valence electrons. The van der Waals surface area contributed by atoms with Gasteiger partial charge in [0.2, 0.25) is 0 Å². The van der Waals surface area contributed by atoms with Crippen molar-refractivity contribution >= 4 is 11.3 Å². The van der Waals surface area contributed by atoms with Gasteiger partial charge in [-0.05, 0) is 19.4 Å². The van der Waals surface area contributed by atoms with Gasteiger partial charge in [-0.2, -0.15) is 5.26 Å². The summed E-state index contributed by atoms with van der Waals surface area (Å²) in [7, 11) is 0. The maximum Gasteiger partial charge on any atom is 0.188 e. The third-order valence-electron chi connectivity index (χ3n) is 1.71. The number of rotatable bonds is 1. The van der Waals surface area contributed by atoms with E-state index in [1.54, 1.807) is 13.8 Å². The molecule has 0 radical (unpaired) electrons. The largest absolute Gasteiger partial charge is 0.364 e. The highest BCUT2D eigenvalue weighted by atomic mass is 32.1. The van der Waals surface area contributed by atoms with Crippen molar-refractivity contribution < 1.29 is 10.2 Å². The molecule has 0 saturated heterocycles. The zero-order valence-corrected chi connectivity index (χ0v) is 7.64. The van der Waals surface area contributed by atoms with Crippen LogP contribution in [0.1, 0.15) is 27.2 Å². The zero-order valence-electron chi connectivity index (χ0n) is 6.83. The molecule has 0 aliphatic rings. The molecule has 12 heavy (non-hydrogen) atoms. The summed E-state index contributed by atoms with van der Waals surface area (Å²) in [6.07, 6.45) is -1.46. The summed E-state index contributed by atoms with van der Waals surface area (Å²) >= 11 is 1.25. The lowest BCUT2D eigenvalue weighted by atomic mass is 10.1. The first kappa shape index (κ1) is 9.20. The molecule has 1 rings (SSSR count). The van der Waals surface area contributed by atoms with Gasteiger partial charge in [0.15, 0.2) is 6.29 Å². The van der Waals surface area contributed by atoms with Crippen molar-refractivity contribution in [2.45, 2.75) is 20.1 Å². The Balaban J connectivity index is 3.29. The third kappa shape index (κ3) is 1.34. The summed E-state index contributed by atoms with van der Waals surface area (Å²) in [6.45, 7) is 3.51. The molecule has 0 bridgehead atoms. The van der Waals surface area contributed by atoms with Gasteiger partial charge in [0.1, 0.15) is 6.07 Å². The standard InChI is InChI=1S/C8H9NO2S/c1-4-6(3-9)5(2)12-7(4)8(10)11/h8,10-11H,1-2H3. The summed E-state index contributed by atoms with van der Waals surface area (Å²) in [5.41, 5.74) is 1.23. The second-order valence-electron chi connectivity index (χ2n) is 2.51. The van der Waals surface area contributed by atoms with E-state index < -0.39 is 6.29 Å². The van der Waals surface area contributed by atoms with E-state index in [-0.39, 0.29) is 0 Å². The molecular formula is C8H9NO2S. The number of hydrogen-bond donors (Lipinski definition) is 2. The van der Waals surface area contributed by atoms with Gasteiger partial charge in [-0.25, -0.2) is 0 Å². The number of hydrogen-bond acceptors (Lipinski definition) is 4. The highest BCUT2D eigenvalue weighted by Crippen LogP contribution is 2.30. The van der Waals surface area contributed by atoms with Gasteiger partial charge in [-0.15, -0.1) is 11.3 Å². The molecule has 2 N–H and O–H groups in total. The van der Waals surface area contributed by atoms with E-state index in [0.29, 0.717) is 16.0 Å². The van der Waals surface area contributed by atoms with E-state index in [9.17, 15) is 0 Å². The fourth-order valence-electron chi connectivity index (χ4n) is 1.09. The average Bonchev–Trinajstić information content (AvgIpc) is 2.27. The molecule has 3 nitrogen and oxygen atoms in total. The monoisotopic (exact) mass is 183 g/mol. The molecule has 1 heterocycles. The maximum absolute atomic E-state index is 8.89. The minimum absolute atomic E-state index is 0.462. The molecule has 1 aromatic rings. The SMILES string of the molecule is Cc1sc(C(O)O)c(C)c1C#N. The Morgan fingerprint density at radius 2 is 2.00 bits per heavy atom. The van der Waals surface area contributed by atoms with Crippen molar-refractivity contribution in [2.24, 2.45) is 0 Å². The van der Waals surface area contributed by atoms with E-state index >= 15 is 0 Å². The smallest absolute Gasteiger partial charge is 0.188 e. The van der Waals surface area contributed by atoms with Crippen LogP contribution in [-0.4, -0.2) is 10.2 Å². The van der Waals surface area contributed by atoms with Crippen LogP contribution in [0.15, 0.2) is 0 Å². The minimum atomic E-state index is -1.46. The first-order valence-corrected chi connectivity index (χ1v) is 4.25. The predicted octanol–water partition coefficient (Wildman–Crippen LogP) is 1.22. The highest BCUT2D eigenvalue weighted by molar-refractivity contribution is 7.12. The molecule has 0 amide bonds. The average molecular weight is 183 g/mol. The Morgan fingerprint density at radius 1 is 1.42 bits per heavy atom. The lowest BCUT2D eigenvalue weighted by molar-refractivity contribution is -0.0399. The van der Waals surface area contributed by atoms with Crippen LogP contribution in [0.3, 0.4) is 0 Å². The van der Waals surface area contributed by atoms with Crippen LogP contribution in [-0.2, 0) is 0 Å². The molecule has 0 atom stereocenters. The van der Waals surface area contributed by atoms with Crippen LogP contribution in [0.5, 0.6) is 0 Å². The molecule has 0 aliphatic heterocycles. The van der Waals surface area contributed by atoms with Crippen molar-refractivity contribution in [3.05, 3.63) is 20.9 Å². The van der Waals surface area contributed by atoms with Crippen molar-refractivity contribution in [3.8, 4) is 6.07 Å². The van der Waals surface area contributed by atoms with Crippen LogP contribution in [0.25, 0.3) is 0 Å². The Labute approximate surface area is 74.5 Å². The summed E-state index contributed by atoms with van der Waals surface area (Å²) in [6, 6.07) is 2.03. The molecular weight excluding hydrogens is 174 g/mol. The fourth-order valence-corrected chi connectivity index (χ4v) is 2.08. The van der Waals surface area contributed by atoms with Crippen LogP contribution in [0.2, 0.25) is 0 Å². The first-order valence-electron chi connectivity index (χ1n) is 3.44. The van der Waals surface area contributed by atoms with E-state index in [2.05, 4.69) is 0 Å². The van der Waals surface area contributed by atoms with E-state index in [4.69, 9.17) is 15.5 Å². The van der Waals surface area contributed by atoms with Crippen molar-refractivity contribution in [1.29, 1.82) is 5.26 Å². The quantitative estimate of drug-likeness (QED) is 0.643. The molecule has 0 fully saturated rings. The number of thiophene rings is 1. The third-order valence-corrected chi connectivity index (χ3v) is 2.95. The molecule has 0 aliphatic carbocycles. The van der Waals surface area contributed by atoms with Gasteiger partial charge in [-0.3, -0.25) is 0 Å². The fraction of sp³-hybridized carbons (Fsp3) is 0.375. The van der Waals surface area contributed by atoms with E-state index in [1.807, 2.05) is 6.07 Å². The Morgan fingerprint density at radius 3 is 2.25 bits per heavy atom. The van der Waals surface area contributed by atoms with Crippen molar-refractivity contribution in [3.63, 3.8) is 0 Å². The van der Waals surface area contributed by atoms with Crippen LogP contribution in [0.4, 0.5) is 0 Å². The van der Waals surface area contributed by atoms with Crippen LogP contribution >= 0.6 is 11.3 Å². The van der Waals surface area contributed by atoms with E-state index in [0.717, 1.165) is 4.88 Å². The van der Waals surface area contributed by atoms with Gasteiger partial charge in [-0.1, -0.05) is 0 Å². The summed E-state index contributed by atoms with van der Waals surface area (Å²) in [4.78, 5) is 1.29. The Hall–Kier alpha value is -0.890. The number of aliphatic hydroxyl groups is 2. The molecule has 0 spiro atoms. The maximum atomic E-state index is 8.89. The Bertz CT molecular complexity index is 336. The lowest BCUT2D eigenvalue weighted by Crippen LogP contribution is -1.93. The molecule has 0 aromatic carbocycles. The summed E-state index contributed by atoms with van der Waals surface area (Å²) < 4.78 is 0. The van der Waals surface area contributed by atoms with Crippen molar-refractivity contribution in [2.75, 3.05) is 0 Å². The highest BCUT2D eigenvalue weighted by Gasteiger charge is 2.15. The van der Waals surface area contributed by atoms with Gasteiger partial charge in [0.05, 0.1) is 10.4 Å². The van der Waals surface area contributed by atoms with Crippen molar-refractivity contribution in [1.82, 2.24) is 0 Å². The topological polar surface area (TPSA) is 64.2 Å². The zero-order chi connectivity index (χ0) is 9.30. The van der Waals surface area contributed by atoms with Gasteiger partial charge in [0.25, 0.3) is 0 Å². The summed E-state index contributed by atoms with van der Waals surface area (Å²) in [5, 5.41) is 26.5. The minimum Gasteiger partial charge on any atom is -0.364 e. The van der Waals surface area contributed by atoms with E-state index in [1.165, 1.54) is 11.3 Å². The molecule has 1 aromatic heterocycles. The normalized spacial score (nSPS) is 10.3. The number of aliphatic hydroxyl groups excluding tert-OH is 1. The van der Waals surface area contributed by atoms with Crippen LogP contribution in [0, 0.1) is 25.2 Å². The molecule has 0 unspecified atom stereocenters. The second-order valence-corrected chi connectivity index (χ2v) is 3.76. The van der Waals surface area contributed by atoms with Gasteiger partial charge in [0, 0.05) is 4.88 Å². The van der Waals surface area contributed by atoms with Crippen LogP contribution < -0.4 is 0 Å². The van der Waals surface area contributed by atoms with Gasteiger partial charge < -0.3 is 10.2 Å². The second kappa shape index (κ2) is 3.23. The lowest BCUT2D eigenvalue weighted by Gasteiger charge is -1.99. The molecule has 4 heteroatoms. The number of nitrogens with zero attached hydrogens (tertiary/aromatic N) is 1. The number of nitriles is 1. The predicted molar refractivity (Wildman–Crippen MR) is 45.7 cm³/mol. The Kier molecular flexibility index (Phi) is 2.48. The molecule has 0 saturated carbocycles. The summed E-state index contributed by atoms with van der Waals surface area (Å²) in [5.74, 6) is 0. The first-order chi connectivity index (χ1) is 5.57.